The Hall–Kier alpha value is -0.580. The third kappa shape index (κ3) is 2.93. The summed E-state index contributed by atoms with van der Waals surface area (Å²) in [5.41, 5.74) is 0.896. The van der Waals surface area contributed by atoms with Gasteiger partial charge in [-0.15, -0.1) is 0 Å². The molecular weight excluding hydrogens is 301 g/mol. The summed E-state index contributed by atoms with van der Waals surface area (Å²) in [5, 5.41) is 2.95. The highest BCUT2D eigenvalue weighted by Crippen LogP contribution is 2.37. The topological polar surface area (TPSA) is 29.1 Å². The predicted molar refractivity (Wildman–Crippen MR) is 69.7 cm³/mol. The van der Waals surface area contributed by atoms with Gasteiger partial charge >= 0.3 is 0 Å². The Morgan fingerprint density at radius 1 is 1.40 bits per heavy atom. The van der Waals surface area contributed by atoms with E-state index < -0.39 is 0 Å². The number of hydrogen-bond donors (Lipinski definition) is 1. The molecule has 80 valence electrons. The van der Waals surface area contributed by atoms with Crippen LogP contribution in [0.1, 0.15) is 19.8 Å². The number of rotatable bonds is 3. The van der Waals surface area contributed by atoms with E-state index in [1.807, 2.05) is 31.2 Å². The molecule has 0 aromatic heterocycles. The normalized spacial score (nSPS) is 17.2. The van der Waals surface area contributed by atoms with E-state index in [1.165, 1.54) is 16.4 Å². The van der Waals surface area contributed by atoms with Gasteiger partial charge in [0, 0.05) is 15.2 Å². The number of nitrogens with one attached hydrogen (secondary N) is 1. The first kappa shape index (κ1) is 10.9. The Kier molecular flexibility index (Phi) is 3.29. The molecule has 1 unspecified atom stereocenters. The smallest absolute Gasteiger partial charge is 0.227 e. The maximum Gasteiger partial charge on any atom is 0.227 e. The third-order valence-electron chi connectivity index (χ3n) is 2.85. The minimum Gasteiger partial charge on any atom is -0.326 e. The minimum absolute atomic E-state index is 0.152. The first-order chi connectivity index (χ1) is 7.16. The quantitative estimate of drug-likeness (QED) is 0.852. The van der Waals surface area contributed by atoms with Gasteiger partial charge in [-0.25, -0.2) is 0 Å². The molecule has 1 aliphatic rings. The molecule has 0 aliphatic heterocycles. The first-order valence-electron chi connectivity index (χ1n) is 5.23. The fourth-order valence-electron chi connectivity index (χ4n) is 1.60. The molecule has 1 fully saturated rings. The van der Waals surface area contributed by atoms with Crippen LogP contribution in [0, 0.1) is 15.4 Å². The molecule has 1 N–H and O–H groups in total. The fraction of sp³-hybridized carbons (Fsp3) is 0.417. The van der Waals surface area contributed by atoms with Crippen LogP contribution in [0.5, 0.6) is 0 Å². The second kappa shape index (κ2) is 4.51. The van der Waals surface area contributed by atoms with E-state index in [2.05, 4.69) is 27.9 Å². The number of anilines is 1. The summed E-state index contributed by atoms with van der Waals surface area (Å²) in [4.78, 5) is 11.8. The van der Waals surface area contributed by atoms with Crippen LogP contribution in [0.25, 0.3) is 0 Å². The van der Waals surface area contributed by atoms with Crippen molar-refractivity contribution in [2.75, 3.05) is 5.32 Å². The fourth-order valence-corrected chi connectivity index (χ4v) is 1.96. The maximum absolute atomic E-state index is 11.8. The van der Waals surface area contributed by atoms with Crippen LogP contribution in [0.4, 0.5) is 5.69 Å². The van der Waals surface area contributed by atoms with Gasteiger partial charge < -0.3 is 5.32 Å². The first-order valence-corrected chi connectivity index (χ1v) is 6.31. The van der Waals surface area contributed by atoms with E-state index in [0.717, 1.165) is 5.69 Å². The van der Waals surface area contributed by atoms with Crippen molar-refractivity contribution in [2.24, 2.45) is 11.8 Å². The third-order valence-corrected chi connectivity index (χ3v) is 3.57. The van der Waals surface area contributed by atoms with E-state index in [9.17, 15) is 4.79 Å². The van der Waals surface area contributed by atoms with Gasteiger partial charge in [0.1, 0.15) is 0 Å². The largest absolute Gasteiger partial charge is 0.326 e. The van der Waals surface area contributed by atoms with Crippen LogP contribution in [0.2, 0.25) is 0 Å². The second-order valence-electron chi connectivity index (χ2n) is 4.12. The minimum atomic E-state index is 0.152. The average Bonchev–Trinajstić information content (AvgIpc) is 3.04. The molecule has 1 aromatic rings. The van der Waals surface area contributed by atoms with Crippen molar-refractivity contribution in [1.29, 1.82) is 0 Å². The molecule has 0 heterocycles. The zero-order chi connectivity index (χ0) is 10.8. The molecule has 15 heavy (non-hydrogen) atoms. The Morgan fingerprint density at radius 2 is 2.00 bits per heavy atom. The highest BCUT2D eigenvalue weighted by Gasteiger charge is 2.32. The number of amides is 1. The summed E-state index contributed by atoms with van der Waals surface area (Å²) in [7, 11) is 0. The van der Waals surface area contributed by atoms with Gasteiger partial charge in [-0.3, -0.25) is 4.79 Å². The second-order valence-corrected chi connectivity index (χ2v) is 5.37. The van der Waals surface area contributed by atoms with Gasteiger partial charge in [0.2, 0.25) is 5.91 Å². The lowest BCUT2D eigenvalue weighted by Gasteiger charge is -2.10. The molecular formula is C12H14INO. The summed E-state index contributed by atoms with van der Waals surface area (Å²) in [6, 6.07) is 7.88. The SMILES string of the molecule is CC(C(=O)Nc1ccc(I)cc1)C1CC1. The Morgan fingerprint density at radius 3 is 2.53 bits per heavy atom. The lowest BCUT2D eigenvalue weighted by Crippen LogP contribution is -2.21. The Bertz CT molecular complexity index is 356. The molecule has 0 spiro atoms. The molecule has 1 aromatic carbocycles. The number of carbonyl (C=O) groups is 1. The van der Waals surface area contributed by atoms with Gasteiger partial charge in [0.05, 0.1) is 0 Å². The van der Waals surface area contributed by atoms with Crippen LogP contribution >= 0.6 is 22.6 Å². The molecule has 3 heteroatoms. The van der Waals surface area contributed by atoms with Gasteiger partial charge in [0.25, 0.3) is 0 Å². The number of carbonyl (C=O) groups excluding carboxylic acids is 1. The molecule has 1 amide bonds. The number of hydrogen-bond acceptors (Lipinski definition) is 1. The molecule has 2 nitrogen and oxygen atoms in total. The number of benzene rings is 1. The zero-order valence-corrected chi connectivity index (χ0v) is 10.8. The molecule has 1 saturated carbocycles. The van der Waals surface area contributed by atoms with Crippen LogP contribution in [0.15, 0.2) is 24.3 Å². The van der Waals surface area contributed by atoms with Crippen LogP contribution < -0.4 is 5.32 Å². The summed E-state index contributed by atoms with van der Waals surface area (Å²) in [5.74, 6) is 0.928. The van der Waals surface area contributed by atoms with Crippen molar-refractivity contribution in [1.82, 2.24) is 0 Å². The molecule has 0 radical (unpaired) electrons. The van der Waals surface area contributed by atoms with Crippen molar-refractivity contribution in [3.63, 3.8) is 0 Å². The van der Waals surface area contributed by atoms with Gasteiger partial charge in [-0.1, -0.05) is 6.92 Å². The molecule has 1 aliphatic carbocycles. The van der Waals surface area contributed by atoms with Gasteiger partial charge in [-0.2, -0.15) is 0 Å². The maximum atomic E-state index is 11.8. The van der Waals surface area contributed by atoms with Crippen molar-refractivity contribution in [3.05, 3.63) is 27.8 Å². The zero-order valence-electron chi connectivity index (χ0n) is 8.66. The van der Waals surface area contributed by atoms with Crippen molar-refractivity contribution >= 4 is 34.2 Å². The monoisotopic (exact) mass is 315 g/mol. The van der Waals surface area contributed by atoms with E-state index in [0.29, 0.717) is 5.92 Å². The van der Waals surface area contributed by atoms with E-state index >= 15 is 0 Å². The van der Waals surface area contributed by atoms with Crippen LogP contribution in [-0.4, -0.2) is 5.91 Å². The lowest BCUT2D eigenvalue weighted by molar-refractivity contribution is -0.119. The van der Waals surface area contributed by atoms with Crippen molar-refractivity contribution in [2.45, 2.75) is 19.8 Å². The standard InChI is InChI=1S/C12H14INO/c1-8(9-2-3-9)12(15)14-11-6-4-10(13)5-7-11/h4-9H,2-3H2,1H3,(H,14,15). The van der Waals surface area contributed by atoms with Crippen LogP contribution in [-0.2, 0) is 4.79 Å². The summed E-state index contributed by atoms with van der Waals surface area (Å²) in [6.45, 7) is 2.01. The highest BCUT2D eigenvalue weighted by molar-refractivity contribution is 14.1. The molecule has 1 atom stereocenters. The lowest BCUT2D eigenvalue weighted by atomic mass is 10.1. The van der Waals surface area contributed by atoms with E-state index in [-0.39, 0.29) is 11.8 Å². The van der Waals surface area contributed by atoms with E-state index in [1.54, 1.807) is 0 Å². The van der Waals surface area contributed by atoms with Crippen LogP contribution in [0.3, 0.4) is 0 Å². The number of halogens is 1. The summed E-state index contributed by atoms with van der Waals surface area (Å²) >= 11 is 2.25. The predicted octanol–water partition coefficient (Wildman–Crippen LogP) is 3.28. The summed E-state index contributed by atoms with van der Waals surface area (Å²) < 4.78 is 1.18. The van der Waals surface area contributed by atoms with Crippen molar-refractivity contribution in [3.8, 4) is 0 Å². The van der Waals surface area contributed by atoms with Crippen molar-refractivity contribution < 1.29 is 4.79 Å². The van der Waals surface area contributed by atoms with Gasteiger partial charge in [-0.05, 0) is 65.6 Å². The Balaban J connectivity index is 1.95. The molecule has 0 bridgehead atoms. The Labute approximate surface area is 104 Å². The van der Waals surface area contributed by atoms with E-state index in [4.69, 9.17) is 0 Å². The molecule has 0 saturated heterocycles. The average molecular weight is 315 g/mol. The van der Waals surface area contributed by atoms with Gasteiger partial charge in [0.15, 0.2) is 0 Å². The highest BCUT2D eigenvalue weighted by atomic mass is 127. The summed E-state index contributed by atoms with van der Waals surface area (Å²) in [6.07, 6.45) is 2.42. The molecule has 2 rings (SSSR count).